The predicted molar refractivity (Wildman–Crippen MR) is 96.6 cm³/mol. The van der Waals surface area contributed by atoms with Crippen LogP contribution in [0.25, 0.3) is 0 Å². The molecule has 0 radical (unpaired) electrons. The molecule has 2 aromatic carbocycles. The minimum atomic E-state index is -3.49. The molecule has 1 heterocycles. The normalized spacial score (nSPS) is 17.8. The maximum Gasteiger partial charge on any atom is 0.243 e. The van der Waals surface area contributed by atoms with Crippen LogP contribution in [0.5, 0.6) is 0 Å². The summed E-state index contributed by atoms with van der Waals surface area (Å²) in [5.74, 6) is 0. The Labute approximate surface area is 153 Å². The van der Waals surface area contributed by atoms with Crippen LogP contribution in [0.4, 0.5) is 0 Å². The van der Waals surface area contributed by atoms with Crippen LogP contribution in [0.2, 0.25) is 5.02 Å². The van der Waals surface area contributed by atoms with Crippen LogP contribution in [0.1, 0.15) is 11.6 Å². The molecule has 0 spiro atoms. The Morgan fingerprint density at radius 3 is 2.28 bits per heavy atom. The Morgan fingerprint density at radius 1 is 1.00 bits per heavy atom. The lowest BCUT2D eigenvalue weighted by atomic mass is 10.1. The van der Waals surface area contributed by atoms with Crippen LogP contribution in [0, 0.1) is 11.3 Å². The maximum absolute atomic E-state index is 12.7. The van der Waals surface area contributed by atoms with Crippen molar-refractivity contribution >= 4 is 21.6 Å². The zero-order chi connectivity index (χ0) is 17.9. The SMILES string of the molecule is N#CC(c1cccc(Cl)c1)N1CCN(S(=O)(=O)c2ccccc2)CC1. The van der Waals surface area contributed by atoms with Crippen LogP contribution >= 0.6 is 11.6 Å². The molecule has 0 amide bonds. The van der Waals surface area contributed by atoms with Gasteiger partial charge in [-0.2, -0.15) is 9.57 Å². The quantitative estimate of drug-likeness (QED) is 0.824. The number of hydrogen-bond donors (Lipinski definition) is 0. The Hall–Kier alpha value is -1.91. The average molecular weight is 376 g/mol. The number of sulfonamides is 1. The molecule has 0 saturated carbocycles. The third kappa shape index (κ3) is 3.86. The van der Waals surface area contributed by atoms with Crippen LogP contribution in [0.15, 0.2) is 59.5 Å². The Morgan fingerprint density at radius 2 is 1.68 bits per heavy atom. The smallest absolute Gasteiger partial charge is 0.243 e. The molecule has 130 valence electrons. The lowest BCUT2D eigenvalue weighted by Crippen LogP contribution is -2.49. The lowest BCUT2D eigenvalue weighted by molar-refractivity contribution is 0.162. The van der Waals surface area contributed by atoms with Crippen molar-refractivity contribution in [2.75, 3.05) is 26.2 Å². The average Bonchev–Trinajstić information content (AvgIpc) is 2.64. The molecule has 1 unspecified atom stereocenters. The van der Waals surface area contributed by atoms with Gasteiger partial charge in [-0.25, -0.2) is 8.42 Å². The largest absolute Gasteiger partial charge is 0.282 e. The number of halogens is 1. The van der Waals surface area contributed by atoms with Gasteiger partial charge >= 0.3 is 0 Å². The van der Waals surface area contributed by atoms with Gasteiger partial charge in [-0.1, -0.05) is 41.9 Å². The van der Waals surface area contributed by atoms with Crippen LogP contribution in [0.3, 0.4) is 0 Å². The zero-order valence-corrected chi connectivity index (χ0v) is 15.1. The van der Waals surface area contributed by atoms with Gasteiger partial charge in [-0.05, 0) is 29.8 Å². The van der Waals surface area contributed by atoms with Crippen molar-refractivity contribution in [3.05, 3.63) is 65.2 Å². The van der Waals surface area contributed by atoms with Gasteiger partial charge in [0.2, 0.25) is 10.0 Å². The summed E-state index contributed by atoms with van der Waals surface area (Å²) < 4.78 is 26.8. The van der Waals surface area contributed by atoms with E-state index in [0.717, 1.165) is 5.56 Å². The number of hydrogen-bond acceptors (Lipinski definition) is 4. The van der Waals surface area contributed by atoms with Crippen molar-refractivity contribution < 1.29 is 8.42 Å². The molecule has 0 bridgehead atoms. The van der Waals surface area contributed by atoms with E-state index in [9.17, 15) is 13.7 Å². The first kappa shape index (κ1) is 17.9. The van der Waals surface area contributed by atoms with Crippen LogP contribution < -0.4 is 0 Å². The van der Waals surface area contributed by atoms with Gasteiger partial charge in [-0.3, -0.25) is 4.90 Å². The third-order valence-electron chi connectivity index (χ3n) is 4.31. The minimum absolute atomic E-state index is 0.301. The van der Waals surface area contributed by atoms with Crippen LogP contribution in [-0.2, 0) is 10.0 Å². The van der Waals surface area contributed by atoms with E-state index in [1.807, 2.05) is 17.0 Å². The van der Waals surface area contributed by atoms with Gasteiger partial charge in [0.1, 0.15) is 6.04 Å². The third-order valence-corrected chi connectivity index (χ3v) is 6.45. The van der Waals surface area contributed by atoms with Crippen LogP contribution in [-0.4, -0.2) is 43.8 Å². The highest BCUT2D eigenvalue weighted by atomic mass is 35.5. The summed E-state index contributed by atoms with van der Waals surface area (Å²) in [7, 11) is -3.49. The molecule has 0 aliphatic carbocycles. The molecule has 1 aliphatic rings. The predicted octanol–water partition coefficient (Wildman–Crippen LogP) is 2.91. The maximum atomic E-state index is 12.7. The topological polar surface area (TPSA) is 64.4 Å². The molecule has 0 aromatic heterocycles. The summed E-state index contributed by atoms with van der Waals surface area (Å²) in [5.41, 5.74) is 0.828. The van der Waals surface area contributed by atoms with Crippen molar-refractivity contribution in [3.8, 4) is 6.07 Å². The molecule has 1 saturated heterocycles. The van der Waals surface area contributed by atoms with Crippen molar-refractivity contribution in [2.45, 2.75) is 10.9 Å². The number of benzene rings is 2. The van der Waals surface area contributed by atoms with E-state index in [1.54, 1.807) is 42.5 Å². The van der Waals surface area contributed by atoms with Crippen molar-refractivity contribution in [1.29, 1.82) is 5.26 Å². The number of nitriles is 1. The molecule has 5 nitrogen and oxygen atoms in total. The standard InChI is InChI=1S/C18H18ClN3O2S/c19-16-6-4-5-15(13-16)18(14-20)21-9-11-22(12-10-21)25(23,24)17-7-2-1-3-8-17/h1-8,13,18H,9-12H2. The van der Waals surface area contributed by atoms with E-state index in [4.69, 9.17) is 11.6 Å². The molecule has 7 heteroatoms. The first-order valence-corrected chi connectivity index (χ1v) is 9.78. The molecule has 1 atom stereocenters. The van der Waals surface area contributed by atoms with E-state index in [2.05, 4.69) is 6.07 Å². The second-order valence-corrected chi connectivity index (χ2v) is 8.21. The number of nitrogens with zero attached hydrogens (tertiary/aromatic N) is 3. The lowest BCUT2D eigenvalue weighted by Gasteiger charge is -2.36. The van der Waals surface area contributed by atoms with Gasteiger partial charge < -0.3 is 0 Å². The summed E-state index contributed by atoms with van der Waals surface area (Å²) in [4.78, 5) is 2.29. The zero-order valence-electron chi connectivity index (χ0n) is 13.5. The summed E-state index contributed by atoms with van der Waals surface area (Å²) >= 11 is 6.02. The molecular weight excluding hydrogens is 358 g/mol. The van der Waals surface area contributed by atoms with Gasteiger partial charge in [-0.15, -0.1) is 0 Å². The Balaban J connectivity index is 1.72. The fourth-order valence-electron chi connectivity index (χ4n) is 2.99. The minimum Gasteiger partial charge on any atom is -0.282 e. The van der Waals surface area contributed by atoms with Gasteiger partial charge in [0.05, 0.1) is 11.0 Å². The van der Waals surface area contributed by atoms with Gasteiger partial charge in [0, 0.05) is 31.2 Å². The second-order valence-electron chi connectivity index (χ2n) is 5.84. The molecule has 2 aromatic rings. The van der Waals surface area contributed by atoms with E-state index >= 15 is 0 Å². The van der Waals surface area contributed by atoms with E-state index in [-0.39, 0.29) is 0 Å². The summed E-state index contributed by atoms with van der Waals surface area (Å²) in [6, 6.07) is 17.5. The highest BCUT2D eigenvalue weighted by Crippen LogP contribution is 2.25. The molecule has 1 fully saturated rings. The number of piperazine rings is 1. The number of rotatable bonds is 4. The highest BCUT2D eigenvalue weighted by Gasteiger charge is 2.31. The first-order valence-electron chi connectivity index (χ1n) is 7.97. The fourth-order valence-corrected chi connectivity index (χ4v) is 4.63. The van der Waals surface area contributed by atoms with Crippen molar-refractivity contribution in [3.63, 3.8) is 0 Å². The Kier molecular flexibility index (Phi) is 5.40. The van der Waals surface area contributed by atoms with Gasteiger partial charge in [0.15, 0.2) is 0 Å². The Bertz CT molecular complexity index is 873. The summed E-state index contributed by atoms with van der Waals surface area (Å²) in [6.45, 7) is 1.71. The molecule has 0 N–H and O–H groups in total. The molecule has 3 rings (SSSR count). The molecular formula is C18H18ClN3O2S. The molecule has 1 aliphatic heterocycles. The summed E-state index contributed by atoms with van der Waals surface area (Å²) in [5, 5.41) is 10.1. The van der Waals surface area contributed by atoms with Crippen molar-refractivity contribution in [2.24, 2.45) is 0 Å². The molecule has 25 heavy (non-hydrogen) atoms. The summed E-state index contributed by atoms with van der Waals surface area (Å²) in [6.07, 6.45) is 0. The monoisotopic (exact) mass is 375 g/mol. The van der Waals surface area contributed by atoms with Crippen molar-refractivity contribution in [1.82, 2.24) is 9.21 Å². The highest BCUT2D eigenvalue weighted by molar-refractivity contribution is 7.89. The fraction of sp³-hybridized carbons (Fsp3) is 0.278. The van der Waals surface area contributed by atoms with Gasteiger partial charge in [0.25, 0.3) is 0 Å². The van der Waals surface area contributed by atoms with E-state index in [0.29, 0.717) is 36.1 Å². The van der Waals surface area contributed by atoms with E-state index in [1.165, 1.54) is 4.31 Å². The second kappa shape index (κ2) is 7.54. The van der Waals surface area contributed by atoms with E-state index < -0.39 is 16.1 Å². The first-order chi connectivity index (χ1) is 12.0.